The first kappa shape index (κ1) is 15.3. The lowest BCUT2D eigenvalue weighted by Crippen LogP contribution is -2.48. The van der Waals surface area contributed by atoms with E-state index >= 15 is 0 Å². The summed E-state index contributed by atoms with van der Waals surface area (Å²) in [5.41, 5.74) is 4.48. The number of hydrogen-bond donors (Lipinski definition) is 2. The Balaban J connectivity index is 1.64. The summed E-state index contributed by atoms with van der Waals surface area (Å²) in [6, 6.07) is 7.99. The fraction of sp³-hybridized carbons (Fsp3) is 0.600. The van der Waals surface area contributed by atoms with E-state index in [-0.39, 0.29) is 0 Å². The largest absolute Gasteiger partial charge is 0.491 e. The van der Waals surface area contributed by atoms with Crippen LogP contribution in [-0.4, -0.2) is 55.7 Å². The van der Waals surface area contributed by atoms with Crippen LogP contribution in [0.15, 0.2) is 24.3 Å². The van der Waals surface area contributed by atoms with Crippen LogP contribution < -0.4 is 10.2 Å². The molecule has 1 aromatic carbocycles. The molecule has 0 bridgehead atoms. The predicted octanol–water partition coefficient (Wildman–Crippen LogP) is 0.825. The molecule has 0 aliphatic carbocycles. The molecular weight excluding hydrogens is 256 g/mol. The van der Waals surface area contributed by atoms with Crippen LogP contribution in [0.4, 0.5) is 0 Å². The van der Waals surface area contributed by atoms with E-state index in [4.69, 9.17) is 9.47 Å². The maximum Gasteiger partial charge on any atom is 0.119 e. The molecule has 20 heavy (non-hydrogen) atoms. The predicted molar refractivity (Wildman–Crippen MR) is 77.7 cm³/mol. The monoisotopic (exact) mass is 280 g/mol. The summed E-state index contributed by atoms with van der Waals surface area (Å²) < 4.78 is 10.8. The number of benzene rings is 1. The zero-order valence-corrected chi connectivity index (χ0v) is 12.0. The molecule has 0 spiro atoms. The van der Waals surface area contributed by atoms with Gasteiger partial charge in [0.1, 0.15) is 18.5 Å². The Labute approximate surface area is 120 Å². The molecule has 5 heteroatoms. The van der Waals surface area contributed by atoms with E-state index < -0.39 is 6.10 Å². The highest BCUT2D eigenvalue weighted by atomic mass is 16.5. The van der Waals surface area contributed by atoms with Crippen LogP contribution >= 0.6 is 0 Å². The average Bonchev–Trinajstić information content (AvgIpc) is 2.52. The minimum Gasteiger partial charge on any atom is -0.491 e. The van der Waals surface area contributed by atoms with Gasteiger partial charge in [0, 0.05) is 19.6 Å². The molecule has 5 nitrogen and oxygen atoms in total. The molecule has 2 N–H and O–H groups in total. The summed E-state index contributed by atoms with van der Waals surface area (Å²) in [5.74, 6) is 0.799. The van der Waals surface area contributed by atoms with Crippen molar-refractivity contribution in [1.82, 2.24) is 10.4 Å². The van der Waals surface area contributed by atoms with Crippen LogP contribution in [0.1, 0.15) is 12.5 Å². The molecule has 2 rings (SSSR count). The Hall–Kier alpha value is -1.14. The number of morpholine rings is 1. The van der Waals surface area contributed by atoms with Gasteiger partial charge < -0.3 is 14.6 Å². The number of hydrazine groups is 1. The zero-order valence-electron chi connectivity index (χ0n) is 12.0. The third kappa shape index (κ3) is 5.09. The van der Waals surface area contributed by atoms with Gasteiger partial charge >= 0.3 is 0 Å². The van der Waals surface area contributed by atoms with Crippen LogP contribution in [0, 0.1) is 0 Å². The number of nitrogens with zero attached hydrogens (tertiary/aromatic N) is 1. The van der Waals surface area contributed by atoms with E-state index in [2.05, 4.69) is 17.4 Å². The molecule has 1 aliphatic heterocycles. The van der Waals surface area contributed by atoms with Crippen molar-refractivity contribution in [3.8, 4) is 5.75 Å². The van der Waals surface area contributed by atoms with Crippen molar-refractivity contribution in [3.63, 3.8) is 0 Å². The second-order valence-electron chi connectivity index (χ2n) is 4.92. The van der Waals surface area contributed by atoms with Crippen LogP contribution in [0.25, 0.3) is 0 Å². The number of aliphatic hydroxyl groups is 1. The first-order valence-electron chi connectivity index (χ1n) is 7.24. The molecule has 0 radical (unpaired) electrons. The average molecular weight is 280 g/mol. The van der Waals surface area contributed by atoms with Gasteiger partial charge in [-0.3, -0.25) is 5.43 Å². The van der Waals surface area contributed by atoms with Crippen LogP contribution in [0.3, 0.4) is 0 Å². The molecule has 1 aromatic rings. The molecule has 1 heterocycles. The van der Waals surface area contributed by atoms with Gasteiger partial charge in [0.2, 0.25) is 0 Å². The molecule has 0 saturated carbocycles. The standard InChI is InChI=1S/C15H24N2O3/c1-2-13-3-5-15(6-4-13)20-12-14(18)11-16-17-7-9-19-10-8-17/h3-6,14,16,18H,2,7-12H2,1H3. The first-order valence-corrected chi connectivity index (χ1v) is 7.24. The van der Waals surface area contributed by atoms with Crippen molar-refractivity contribution in [1.29, 1.82) is 0 Å². The van der Waals surface area contributed by atoms with Gasteiger partial charge in [0.25, 0.3) is 0 Å². The van der Waals surface area contributed by atoms with Gasteiger partial charge in [-0.05, 0) is 24.1 Å². The lowest BCUT2D eigenvalue weighted by Gasteiger charge is -2.28. The van der Waals surface area contributed by atoms with E-state index in [0.717, 1.165) is 38.5 Å². The third-order valence-electron chi connectivity index (χ3n) is 3.34. The first-order chi connectivity index (χ1) is 9.78. The van der Waals surface area contributed by atoms with Gasteiger partial charge in [-0.25, -0.2) is 5.01 Å². The van der Waals surface area contributed by atoms with E-state index in [1.807, 2.05) is 24.3 Å². The van der Waals surface area contributed by atoms with E-state index in [9.17, 15) is 5.11 Å². The van der Waals surface area contributed by atoms with Crippen LogP contribution in [-0.2, 0) is 11.2 Å². The van der Waals surface area contributed by atoms with Gasteiger partial charge in [0.15, 0.2) is 0 Å². The van der Waals surface area contributed by atoms with Gasteiger partial charge in [-0.2, -0.15) is 0 Å². The molecule has 0 amide bonds. The van der Waals surface area contributed by atoms with Crippen LogP contribution in [0.2, 0.25) is 0 Å². The summed E-state index contributed by atoms with van der Waals surface area (Å²) in [6.45, 7) is 6.09. The minimum atomic E-state index is -0.524. The quantitative estimate of drug-likeness (QED) is 0.775. The SMILES string of the molecule is CCc1ccc(OCC(O)CNN2CCOCC2)cc1. The van der Waals surface area contributed by atoms with Gasteiger partial charge in [-0.15, -0.1) is 0 Å². The minimum absolute atomic E-state index is 0.294. The summed E-state index contributed by atoms with van der Waals surface area (Å²) in [7, 11) is 0. The number of aryl methyl sites for hydroxylation is 1. The van der Waals surface area contributed by atoms with Crippen LogP contribution in [0.5, 0.6) is 5.75 Å². The zero-order chi connectivity index (χ0) is 14.2. The Bertz CT molecular complexity index is 377. The molecule has 1 fully saturated rings. The molecule has 1 atom stereocenters. The number of nitrogens with one attached hydrogen (secondary N) is 1. The lowest BCUT2D eigenvalue weighted by atomic mass is 10.2. The topological polar surface area (TPSA) is 54.0 Å². The Morgan fingerprint density at radius 1 is 1.30 bits per heavy atom. The van der Waals surface area contributed by atoms with Gasteiger partial charge in [-0.1, -0.05) is 19.1 Å². The highest BCUT2D eigenvalue weighted by Crippen LogP contribution is 2.12. The number of ether oxygens (including phenoxy) is 2. The smallest absolute Gasteiger partial charge is 0.119 e. The highest BCUT2D eigenvalue weighted by molar-refractivity contribution is 5.27. The van der Waals surface area contributed by atoms with Crippen molar-refractivity contribution in [2.75, 3.05) is 39.5 Å². The Morgan fingerprint density at radius 3 is 2.65 bits per heavy atom. The summed E-state index contributed by atoms with van der Waals surface area (Å²) >= 11 is 0. The molecule has 0 aromatic heterocycles. The molecule has 1 aliphatic rings. The number of hydrogen-bond acceptors (Lipinski definition) is 5. The Kier molecular flexibility index (Phi) is 6.26. The van der Waals surface area contributed by atoms with Crippen molar-refractivity contribution in [2.24, 2.45) is 0 Å². The van der Waals surface area contributed by atoms with Crippen molar-refractivity contribution in [2.45, 2.75) is 19.4 Å². The Morgan fingerprint density at radius 2 is 2.00 bits per heavy atom. The third-order valence-corrected chi connectivity index (χ3v) is 3.34. The molecule has 1 saturated heterocycles. The van der Waals surface area contributed by atoms with E-state index in [1.165, 1.54) is 5.56 Å². The highest BCUT2D eigenvalue weighted by Gasteiger charge is 2.12. The van der Waals surface area contributed by atoms with Gasteiger partial charge in [0.05, 0.1) is 13.2 Å². The maximum atomic E-state index is 9.90. The number of aliphatic hydroxyl groups excluding tert-OH is 1. The molecule has 112 valence electrons. The summed E-state index contributed by atoms with van der Waals surface area (Å²) in [5, 5.41) is 12.0. The van der Waals surface area contributed by atoms with Crippen molar-refractivity contribution < 1.29 is 14.6 Å². The molecule has 1 unspecified atom stereocenters. The summed E-state index contributed by atoms with van der Waals surface area (Å²) in [6.07, 6.45) is 0.496. The maximum absolute atomic E-state index is 9.90. The fourth-order valence-electron chi connectivity index (χ4n) is 2.03. The lowest BCUT2D eigenvalue weighted by molar-refractivity contribution is -0.000790. The second-order valence-corrected chi connectivity index (χ2v) is 4.92. The normalized spacial score (nSPS) is 17.9. The van der Waals surface area contributed by atoms with E-state index in [1.54, 1.807) is 0 Å². The second kappa shape index (κ2) is 8.21. The van der Waals surface area contributed by atoms with Crippen molar-refractivity contribution in [3.05, 3.63) is 29.8 Å². The van der Waals surface area contributed by atoms with E-state index in [0.29, 0.717) is 13.2 Å². The molecular formula is C15H24N2O3. The fourth-order valence-corrected chi connectivity index (χ4v) is 2.03. The number of rotatable bonds is 7. The summed E-state index contributed by atoms with van der Waals surface area (Å²) in [4.78, 5) is 0. The van der Waals surface area contributed by atoms with Crippen molar-refractivity contribution >= 4 is 0 Å².